The summed E-state index contributed by atoms with van der Waals surface area (Å²) in [4.78, 5) is 36.3. The molecule has 1 rings (SSSR count). The lowest BCUT2D eigenvalue weighted by Crippen LogP contribution is -2.42. The van der Waals surface area contributed by atoms with Crippen LogP contribution in [0.2, 0.25) is 0 Å². The number of carbonyl (C=O) groups is 3. The molecule has 0 aliphatic carbocycles. The number of rotatable bonds is 4. The highest BCUT2D eigenvalue weighted by Gasteiger charge is 2.28. The second-order valence-corrected chi connectivity index (χ2v) is 6.41. The van der Waals surface area contributed by atoms with E-state index >= 15 is 0 Å². The molecule has 120 valence electrons. The lowest BCUT2D eigenvalue weighted by Gasteiger charge is -2.33. The van der Waals surface area contributed by atoms with Crippen LogP contribution in [0.3, 0.4) is 0 Å². The first kappa shape index (κ1) is 17.5. The van der Waals surface area contributed by atoms with Crippen LogP contribution in [0.4, 0.5) is 4.79 Å². The van der Waals surface area contributed by atoms with Crippen LogP contribution in [0.25, 0.3) is 0 Å². The van der Waals surface area contributed by atoms with Crippen LogP contribution in [0.1, 0.15) is 46.5 Å². The molecule has 6 heteroatoms. The SMILES string of the molecule is COC(=O)CC(=O)CC1CCN(C(=O)OC(C)(C)C)CC1. The maximum absolute atomic E-state index is 11.9. The zero-order chi connectivity index (χ0) is 16.0. The van der Waals surface area contributed by atoms with Gasteiger partial charge < -0.3 is 14.4 Å². The van der Waals surface area contributed by atoms with Gasteiger partial charge >= 0.3 is 12.1 Å². The number of nitrogens with zero attached hydrogens (tertiary/aromatic N) is 1. The molecule has 0 aromatic carbocycles. The number of amides is 1. The summed E-state index contributed by atoms with van der Waals surface area (Å²) in [5.74, 6) is -0.371. The third-order valence-corrected chi connectivity index (χ3v) is 3.35. The fourth-order valence-electron chi connectivity index (χ4n) is 2.27. The average molecular weight is 299 g/mol. The zero-order valence-corrected chi connectivity index (χ0v) is 13.3. The predicted octanol–water partition coefficient (Wildman–Crippen LogP) is 2.16. The number of Topliss-reactive ketones (excluding diaryl/α,β-unsaturated/α-hetero) is 1. The van der Waals surface area contributed by atoms with Crippen molar-refractivity contribution in [3.8, 4) is 0 Å². The van der Waals surface area contributed by atoms with E-state index in [4.69, 9.17) is 4.74 Å². The smallest absolute Gasteiger partial charge is 0.410 e. The monoisotopic (exact) mass is 299 g/mol. The second kappa shape index (κ2) is 7.43. The van der Waals surface area contributed by atoms with Gasteiger partial charge in [0.1, 0.15) is 17.8 Å². The molecule has 1 heterocycles. The Hall–Kier alpha value is -1.59. The van der Waals surface area contributed by atoms with Gasteiger partial charge in [0.15, 0.2) is 0 Å². The Morgan fingerprint density at radius 1 is 1.14 bits per heavy atom. The summed E-state index contributed by atoms with van der Waals surface area (Å²) in [5.41, 5.74) is -0.496. The van der Waals surface area contributed by atoms with Gasteiger partial charge in [-0.2, -0.15) is 0 Å². The van der Waals surface area contributed by atoms with Crippen LogP contribution in [-0.2, 0) is 19.1 Å². The van der Waals surface area contributed by atoms with Crippen LogP contribution in [0.5, 0.6) is 0 Å². The average Bonchev–Trinajstić information content (AvgIpc) is 2.37. The summed E-state index contributed by atoms with van der Waals surface area (Å²) in [6.07, 6.45) is 1.42. The molecule has 6 nitrogen and oxygen atoms in total. The predicted molar refractivity (Wildman–Crippen MR) is 76.8 cm³/mol. The Balaban J connectivity index is 2.34. The van der Waals surface area contributed by atoms with Crippen LogP contribution in [0.15, 0.2) is 0 Å². The molecule has 0 aromatic rings. The van der Waals surface area contributed by atoms with Gasteiger partial charge in [0.25, 0.3) is 0 Å². The Morgan fingerprint density at radius 2 is 1.71 bits per heavy atom. The van der Waals surface area contributed by atoms with E-state index in [0.29, 0.717) is 19.5 Å². The van der Waals surface area contributed by atoms with Crippen molar-refractivity contribution >= 4 is 17.8 Å². The third-order valence-electron chi connectivity index (χ3n) is 3.35. The molecule has 0 spiro atoms. The first-order chi connectivity index (χ1) is 9.71. The molecule has 1 fully saturated rings. The summed E-state index contributed by atoms with van der Waals surface area (Å²) >= 11 is 0. The molecule has 0 atom stereocenters. The first-order valence-corrected chi connectivity index (χ1v) is 7.27. The Kier molecular flexibility index (Phi) is 6.18. The Labute approximate surface area is 125 Å². The number of methoxy groups -OCH3 is 1. The molecule has 0 unspecified atom stereocenters. The quantitative estimate of drug-likeness (QED) is 0.587. The highest BCUT2D eigenvalue weighted by molar-refractivity contribution is 5.95. The number of likely N-dealkylation sites (tertiary alicyclic amines) is 1. The summed E-state index contributed by atoms with van der Waals surface area (Å²) in [5, 5.41) is 0. The summed E-state index contributed by atoms with van der Waals surface area (Å²) < 4.78 is 9.80. The van der Waals surface area contributed by atoms with E-state index in [1.807, 2.05) is 20.8 Å². The van der Waals surface area contributed by atoms with Gasteiger partial charge in [-0.3, -0.25) is 9.59 Å². The number of hydrogen-bond donors (Lipinski definition) is 0. The zero-order valence-electron chi connectivity index (χ0n) is 13.3. The number of ether oxygens (including phenoxy) is 2. The summed E-state index contributed by atoms with van der Waals surface area (Å²) in [6.45, 7) is 6.69. The fraction of sp³-hybridized carbons (Fsp3) is 0.800. The van der Waals surface area contributed by atoms with Crippen molar-refractivity contribution in [1.29, 1.82) is 0 Å². The maximum atomic E-state index is 11.9. The van der Waals surface area contributed by atoms with E-state index in [9.17, 15) is 14.4 Å². The number of piperidine rings is 1. The number of hydrogen-bond acceptors (Lipinski definition) is 5. The van der Waals surface area contributed by atoms with Gasteiger partial charge in [0, 0.05) is 19.5 Å². The summed E-state index contributed by atoms with van der Waals surface area (Å²) in [6, 6.07) is 0. The van der Waals surface area contributed by atoms with Crippen LogP contribution >= 0.6 is 0 Å². The van der Waals surface area contributed by atoms with E-state index < -0.39 is 11.6 Å². The lowest BCUT2D eigenvalue weighted by atomic mass is 9.91. The Morgan fingerprint density at radius 3 is 2.19 bits per heavy atom. The molecule has 0 bridgehead atoms. The number of ketones is 1. The minimum Gasteiger partial charge on any atom is -0.469 e. The maximum Gasteiger partial charge on any atom is 0.410 e. The topological polar surface area (TPSA) is 72.9 Å². The number of carbonyl (C=O) groups excluding carboxylic acids is 3. The van der Waals surface area contributed by atoms with E-state index in [2.05, 4.69) is 4.74 Å². The normalized spacial score (nSPS) is 16.5. The molecule has 0 aromatic heterocycles. The lowest BCUT2D eigenvalue weighted by molar-refractivity contribution is -0.143. The molecule has 0 radical (unpaired) electrons. The molecular weight excluding hydrogens is 274 g/mol. The van der Waals surface area contributed by atoms with Crippen molar-refractivity contribution in [2.75, 3.05) is 20.2 Å². The molecule has 1 saturated heterocycles. The van der Waals surface area contributed by atoms with E-state index in [1.165, 1.54) is 7.11 Å². The van der Waals surface area contributed by atoms with E-state index in [-0.39, 0.29) is 24.2 Å². The van der Waals surface area contributed by atoms with E-state index in [1.54, 1.807) is 4.90 Å². The third kappa shape index (κ3) is 6.60. The molecule has 21 heavy (non-hydrogen) atoms. The molecule has 1 aliphatic rings. The van der Waals surface area contributed by atoms with Crippen molar-refractivity contribution in [1.82, 2.24) is 4.90 Å². The molecular formula is C15H25NO5. The standard InChI is InChI=1S/C15H25NO5/c1-15(2,3)21-14(19)16-7-5-11(6-8-16)9-12(17)10-13(18)20-4/h11H,5-10H2,1-4H3. The van der Waals surface area contributed by atoms with Gasteiger partial charge in [-0.1, -0.05) is 0 Å². The second-order valence-electron chi connectivity index (χ2n) is 6.41. The molecule has 1 aliphatic heterocycles. The van der Waals surface area contributed by atoms with Crippen LogP contribution in [-0.4, -0.2) is 48.5 Å². The van der Waals surface area contributed by atoms with Crippen molar-refractivity contribution in [2.45, 2.75) is 52.1 Å². The number of esters is 1. The summed E-state index contributed by atoms with van der Waals surface area (Å²) in [7, 11) is 1.27. The van der Waals surface area contributed by atoms with E-state index in [0.717, 1.165) is 12.8 Å². The molecule has 0 N–H and O–H groups in total. The van der Waals surface area contributed by atoms with Crippen molar-refractivity contribution in [2.24, 2.45) is 5.92 Å². The largest absolute Gasteiger partial charge is 0.469 e. The van der Waals surface area contributed by atoms with Crippen molar-refractivity contribution < 1.29 is 23.9 Å². The van der Waals surface area contributed by atoms with Gasteiger partial charge in [0.05, 0.1) is 7.11 Å². The van der Waals surface area contributed by atoms with Gasteiger partial charge in [-0.15, -0.1) is 0 Å². The minimum atomic E-state index is -0.496. The van der Waals surface area contributed by atoms with Gasteiger partial charge in [-0.25, -0.2) is 4.79 Å². The van der Waals surface area contributed by atoms with Crippen LogP contribution in [0, 0.1) is 5.92 Å². The highest BCUT2D eigenvalue weighted by Crippen LogP contribution is 2.23. The molecule has 0 saturated carbocycles. The van der Waals surface area contributed by atoms with Crippen molar-refractivity contribution in [3.63, 3.8) is 0 Å². The Bertz CT molecular complexity index is 391. The first-order valence-electron chi connectivity index (χ1n) is 7.27. The van der Waals surface area contributed by atoms with Crippen molar-refractivity contribution in [3.05, 3.63) is 0 Å². The van der Waals surface area contributed by atoms with Gasteiger partial charge in [0.2, 0.25) is 0 Å². The fourth-order valence-corrected chi connectivity index (χ4v) is 2.27. The van der Waals surface area contributed by atoms with Crippen LogP contribution < -0.4 is 0 Å². The molecule has 1 amide bonds. The van der Waals surface area contributed by atoms with Gasteiger partial charge in [-0.05, 0) is 39.5 Å². The highest BCUT2D eigenvalue weighted by atomic mass is 16.6. The minimum absolute atomic E-state index is 0.0995.